The second-order valence-corrected chi connectivity index (χ2v) is 5.38. The van der Waals surface area contributed by atoms with Crippen LogP contribution in [-0.2, 0) is 0 Å². The van der Waals surface area contributed by atoms with Crippen molar-refractivity contribution in [2.75, 3.05) is 11.2 Å². The van der Waals surface area contributed by atoms with Gasteiger partial charge in [-0.3, -0.25) is 0 Å². The van der Waals surface area contributed by atoms with Crippen LogP contribution in [0.3, 0.4) is 0 Å². The molecule has 0 saturated heterocycles. The maximum Gasteiger partial charge on any atom is 0.364 e. The van der Waals surface area contributed by atoms with Crippen molar-refractivity contribution in [3.8, 4) is 0 Å². The number of nitrogens with one attached hydrogen (secondary N) is 2. The molecule has 1 aliphatic carbocycles. The average Bonchev–Trinajstić information content (AvgIpc) is 2.81. The monoisotopic (exact) mass is 281 g/mol. The van der Waals surface area contributed by atoms with Gasteiger partial charge in [-0.1, -0.05) is 19.3 Å². The molecule has 2 aromatic rings. The second-order valence-electron chi connectivity index (χ2n) is 5.12. The van der Waals surface area contributed by atoms with E-state index in [1.165, 1.54) is 23.8 Å². The van der Waals surface area contributed by atoms with Crippen LogP contribution < -0.4 is 11.0 Å². The van der Waals surface area contributed by atoms with Crippen LogP contribution in [0.1, 0.15) is 32.1 Å². The molecule has 102 valence electrons. The Bertz CT molecular complexity index is 628. The zero-order valence-corrected chi connectivity index (χ0v) is 11.3. The van der Waals surface area contributed by atoms with E-state index in [1.54, 1.807) is 6.07 Å². The summed E-state index contributed by atoms with van der Waals surface area (Å²) in [4.78, 5) is 11.5. The van der Waals surface area contributed by atoms with Crippen molar-refractivity contribution in [2.45, 2.75) is 37.6 Å². The fraction of sp³-hybridized carbons (Fsp3) is 0.583. The van der Waals surface area contributed by atoms with Crippen molar-refractivity contribution in [3.63, 3.8) is 0 Å². The summed E-state index contributed by atoms with van der Waals surface area (Å²) >= 11 is 6.14. The van der Waals surface area contributed by atoms with Gasteiger partial charge in [0.1, 0.15) is 5.82 Å². The summed E-state index contributed by atoms with van der Waals surface area (Å²) in [5, 5.41) is 13.9. The van der Waals surface area contributed by atoms with Crippen molar-refractivity contribution in [2.24, 2.45) is 0 Å². The van der Waals surface area contributed by atoms with Crippen molar-refractivity contribution in [1.29, 1.82) is 0 Å². The molecule has 6 nitrogen and oxygen atoms in total. The molecule has 2 heterocycles. The minimum absolute atomic E-state index is 0.103. The van der Waals surface area contributed by atoms with Crippen molar-refractivity contribution < 1.29 is 0 Å². The maximum absolute atomic E-state index is 11.5. The third kappa shape index (κ3) is 2.32. The normalized spacial score (nSPS) is 18.6. The van der Waals surface area contributed by atoms with Gasteiger partial charge in [0.15, 0.2) is 5.65 Å². The number of halogens is 1. The predicted molar refractivity (Wildman–Crippen MR) is 73.8 cm³/mol. The van der Waals surface area contributed by atoms with E-state index < -0.39 is 0 Å². The molecule has 19 heavy (non-hydrogen) atoms. The number of aromatic amines is 1. The van der Waals surface area contributed by atoms with Crippen LogP contribution in [0, 0.1) is 0 Å². The number of fused-ring (bicyclic) bond motifs is 1. The lowest BCUT2D eigenvalue weighted by Gasteiger charge is -2.36. The fourth-order valence-electron chi connectivity index (χ4n) is 2.66. The smallest absolute Gasteiger partial charge is 0.362 e. The summed E-state index contributed by atoms with van der Waals surface area (Å²) in [7, 11) is 0. The number of anilines is 1. The van der Waals surface area contributed by atoms with Crippen LogP contribution in [0.2, 0.25) is 0 Å². The number of hydrogen-bond donors (Lipinski definition) is 2. The molecule has 0 bridgehead atoms. The van der Waals surface area contributed by atoms with Gasteiger partial charge in [0.2, 0.25) is 0 Å². The molecule has 0 amide bonds. The van der Waals surface area contributed by atoms with Crippen molar-refractivity contribution in [3.05, 3.63) is 22.6 Å². The van der Waals surface area contributed by atoms with E-state index in [0.717, 1.165) is 12.8 Å². The van der Waals surface area contributed by atoms with Crippen LogP contribution in [0.4, 0.5) is 5.82 Å². The number of alkyl halides is 1. The van der Waals surface area contributed by atoms with Crippen LogP contribution in [0.15, 0.2) is 16.9 Å². The van der Waals surface area contributed by atoms with Gasteiger partial charge in [-0.05, 0) is 25.0 Å². The molecule has 7 heteroatoms. The Hall–Kier alpha value is -1.56. The standard InChI is InChI=1S/C12H16ClN5O/c13-8-12(6-2-1-3-7-12)14-9-4-5-10-15-16-11(19)18(10)17-9/h4-5H,1-3,6-8H2,(H,14,17)(H,16,19). The Morgan fingerprint density at radius 3 is 2.89 bits per heavy atom. The second kappa shape index (κ2) is 4.85. The molecule has 2 aromatic heterocycles. The topological polar surface area (TPSA) is 75.1 Å². The zero-order valence-electron chi connectivity index (χ0n) is 10.5. The summed E-state index contributed by atoms with van der Waals surface area (Å²) in [6.07, 6.45) is 5.68. The van der Waals surface area contributed by atoms with E-state index in [4.69, 9.17) is 11.6 Å². The maximum atomic E-state index is 11.5. The Balaban J connectivity index is 1.91. The van der Waals surface area contributed by atoms with Crippen LogP contribution in [0.25, 0.3) is 5.65 Å². The molecule has 1 aliphatic rings. The lowest BCUT2D eigenvalue weighted by Crippen LogP contribution is -2.42. The molecule has 3 rings (SSSR count). The minimum Gasteiger partial charge on any atom is -0.362 e. The Kier molecular flexibility index (Phi) is 3.18. The molecular formula is C12H16ClN5O. The fourth-order valence-corrected chi connectivity index (χ4v) is 3.00. The first kappa shape index (κ1) is 12.5. The van der Waals surface area contributed by atoms with Gasteiger partial charge < -0.3 is 5.32 Å². The highest BCUT2D eigenvalue weighted by molar-refractivity contribution is 6.18. The third-order valence-corrected chi connectivity index (χ3v) is 4.24. The highest BCUT2D eigenvalue weighted by atomic mass is 35.5. The summed E-state index contributed by atoms with van der Waals surface area (Å²) in [5.74, 6) is 1.21. The number of rotatable bonds is 3. The Morgan fingerprint density at radius 1 is 1.37 bits per heavy atom. The zero-order chi connectivity index (χ0) is 13.3. The average molecular weight is 282 g/mol. The molecule has 0 spiro atoms. The molecule has 0 atom stereocenters. The first-order valence-electron chi connectivity index (χ1n) is 6.51. The van der Waals surface area contributed by atoms with E-state index >= 15 is 0 Å². The molecule has 1 fully saturated rings. The van der Waals surface area contributed by atoms with Crippen molar-refractivity contribution >= 4 is 23.1 Å². The van der Waals surface area contributed by atoms with E-state index in [2.05, 4.69) is 20.6 Å². The van der Waals surface area contributed by atoms with Crippen LogP contribution in [-0.4, -0.2) is 31.2 Å². The molecule has 0 aromatic carbocycles. The van der Waals surface area contributed by atoms with Crippen molar-refractivity contribution in [1.82, 2.24) is 19.8 Å². The first-order chi connectivity index (χ1) is 9.22. The van der Waals surface area contributed by atoms with Gasteiger partial charge in [-0.25, -0.2) is 9.89 Å². The highest BCUT2D eigenvalue weighted by Crippen LogP contribution is 2.32. The van der Waals surface area contributed by atoms with Gasteiger partial charge in [0.25, 0.3) is 0 Å². The Morgan fingerprint density at radius 2 is 2.16 bits per heavy atom. The third-order valence-electron chi connectivity index (χ3n) is 3.73. The summed E-state index contributed by atoms with van der Waals surface area (Å²) in [5.41, 5.74) is 0.0784. The van der Waals surface area contributed by atoms with Gasteiger partial charge >= 0.3 is 5.69 Å². The molecule has 0 unspecified atom stereocenters. The summed E-state index contributed by atoms with van der Waals surface area (Å²) < 4.78 is 1.26. The predicted octanol–water partition coefficient (Wildman–Crippen LogP) is 1.77. The first-order valence-corrected chi connectivity index (χ1v) is 7.05. The van der Waals surface area contributed by atoms with Gasteiger partial charge in [0.05, 0.1) is 5.54 Å². The highest BCUT2D eigenvalue weighted by Gasteiger charge is 2.31. The van der Waals surface area contributed by atoms with Crippen LogP contribution >= 0.6 is 11.6 Å². The van der Waals surface area contributed by atoms with E-state index in [1.807, 2.05) is 6.07 Å². The molecule has 0 aliphatic heterocycles. The lowest BCUT2D eigenvalue weighted by atomic mass is 9.83. The quantitative estimate of drug-likeness (QED) is 0.841. The number of aromatic nitrogens is 4. The number of H-pyrrole nitrogens is 1. The molecule has 2 N–H and O–H groups in total. The molecule has 0 radical (unpaired) electrons. The van der Waals surface area contributed by atoms with Gasteiger partial charge in [-0.15, -0.1) is 16.7 Å². The molecule has 1 saturated carbocycles. The lowest BCUT2D eigenvalue weighted by molar-refractivity contribution is 0.352. The molecular weight excluding hydrogens is 266 g/mol. The minimum atomic E-state index is -0.331. The van der Waals surface area contributed by atoms with E-state index in [0.29, 0.717) is 17.3 Å². The summed E-state index contributed by atoms with van der Waals surface area (Å²) in [6.45, 7) is 0. The van der Waals surface area contributed by atoms with Gasteiger partial charge in [0, 0.05) is 5.88 Å². The van der Waals surface area contributed by atoms with Crippen LogP contribution in [0.5, 0.6) is 0 Å². The SMILES string of the molecule is O=c1[nH]nc2ccc(NC3(CCl)CCCCC3)nn12. The van der Waals surface area contributed by atoms with Gasteiger partial charge in [-0.2, -0.15) is 9.61 Å². The number of hydrogen-bond acceptors (Lipinski definition) is 4. The van der Waals surface area contributed by atoms with E-state index in [-0.39, 0.29) is 11.2 Å². The Labute approximate surface area is 115 Å². The number of nitrogens with zero attached hydrogens (tertiary/aromatic N) is 3. The van der Waals surface area contributed by atoms with E-state index in [9.17, 15) is 4.79 Å². The largest absolute Gasteiger partial charge is 0.364 e. The summed E-state index contributed by atoms with van der Waals surface area (Å²) in [6, 6.07) is 3.59.